The zero-order valence-corrected chi connectivity index (χ0v) is 23.8. The van der Waals surface area contributed by atoms with E-state index < -0.39 is 0 Å². The first kappa shape index (κ1) is 23.7. The Balaban J connectivity index is 1.47. The van der Waals surface area contributed by atoms with Crippen LogP contribution in [0.1, 0.15) is 38.4 Å². The van der Waals surface area contributed by atoms with Crippen molar-refractivity contribution in [2.24, 2.45) is 5.92 Å². The Bertz CT molecular complexity index is 2310. The standard InChI is InChI=1S/C38H29N3O/c1-22-17-18-24-27(21-22)38(2,3)34-33-29(19-20-31-32(33)26-14-8-10-16-30(26)42-31)41(36(24)34)37-39-28-15-9-7-13-25(28)35(40-37)23-11-5-4-6-12-23/h4-20,22H,21H2,1-3H3. The van der Waals surface area contributed by atoms with Crippen LogP contribution in [0.15, 0.2) is 113 Å². The molecular weight excluding hydrogens is 514 g/mol. The van der Waals surface area contributed by atoms with Gasteiger partial charge in [-0.3, -0.25) is 4.57 Å². The van der Waals surface area contributed by atoms with Crippen molar-refractivity contribution in [3.8, 4) is 17.2 Å². The maximum atomic E-state index is 6.41. The number of hydrogen-bond donors (Lipinski definition) is 0. The fourth-order valence-electron chi connectivity index (χ4n) is 7.47. The Kier molecular flexibility index (Phi) is 4.68. The molecule has 0 bridgehead atoms. The second-order valence-electron chi connectivity index (χ2n) is 12.3. The van der Waals surface area contributed by atoms with Crippen LogP contribution in [0.3, 0.4) is 0 Å². The molecule has 3 heterocycles. The summed E-state index contributed by atoms with van der Waals surface area (Å²) >= 11 is 0. The third kappa shape index (κ3) is 3.07. The fraction of sp³-hybridized carbons (Fsp3) is 0.158. The van der Waals surface area contributed by atoms with Crippen LogP contribution in [0.25, 0.3) is 66.5 Å². The van der Waals surface area contributed by atoms with Crippen molar-refractivity contribution < 1.29 is 4.42 Å². The van der Waals surface area contributed by atoms with Crippen molar-refractivity contribution in [3.05, 3.63) is 120 Å². The number of hydrogen-bond acceptors (Lipinski definition) is 3. The number of furan rings is 1. The van der Waals surface area contributed by atoms with Crippen molar-refractivity contribution >= 4 is 49.3 Å². The highest BCUT2D eigenvalue weighted by atomic mass is 16.3. The predicted octanol–water partition coefficient (Wildman–Crippen LogP) is 9.78. The molecule has 0 radical (unpaired) electrons. The SMILES string of the molecule is CC1C=CC2=C(C1)C(C)(C)c1c2n(-c2nc(-c3ccccc3)c3ccccc3n2)c2ccc3oc4ccccc4c3c12. The summed E-state index contributed by atoms with van der Waals surface area (Å²) in [5.41, 5.74) is 11.1. The van der Waals surface area contributed by atoms with E-state index in [4.69, 9.17) is 14.4 Å². The second kappa shape index (κ2) is 8.29. The van der Waals surface area contributed by atoms with Gasteiger partial charge in [0.1, 0.15) is 11.2 Å². The van der Waals surface area contributed by atoms with Gasteiger partial charge in [-0.15, -0.1) is 0 Å². The van der Waals surface area contributed by atoms with Crippen LogP contribution in [0.2, 0.25) is 0 Å². The molecule has 0 spiro atoms. The summed E-state index contributed by atoms with van der Waals surface area (Å²) < 4.78 is 8.73. The van der Waals surface area contributed by atoms with Crippen molar-refractivity contribution in [3.63, 3.8) is 0 Å². The molecule has 0 aliphatic heterocycles. The van der Waals surface area contributed by atoms with Gasteiger partial charge in [-0.05, 0) is 47.7 Å². The van der Waals surface area contributed by atoms with Crippen molar-refractivity contribution in [2.75, 3.05) is 0 Å². The lowest BCUT2D eigenvalue weighted by molar-refractivity contribution is 0.569. The van der Waals surface area contributed by atoms with Gasteiger partial charge in [-0.25, -0.2) is 9.97 Å². The molecule has 4 nitrogen and oxygen atoms in total. The summed E-state index contributed by atoms with van der Waals surface area (Å²) in [6.45, 7) is 7.09. The van der Waals surface area contributed by atoms with Crippen molar-refractivity contribution in [2.45, 2.75) is 32.6 Å². The first-order chi connectivity index (χ1) is 20.5. The van der Waals surface area contributed by atoms with Crippen LogP contribution >= 0.6 is 0 Å². The van der Waals surface area contributed by atoms with Crippen LogP contribution in [0.5, 0.6) is 0 Å². The molecule has 0 N–H and O–H groups in total. The normalized spacial score (nSPS) is 17.5. The average molecular weight is 544 g/mol. The highest BCUT2D eigenvalue weighted by molar-refractivity contribution is 6.21. The highest BCUT2D eigenvalue weighted by Crippen LogP contribution is 2.56. The van der Waals surface area contributed by atoms with E-state index >= 15 is 0 Å². The van der Waals surface area contributed by atoms with E-state index in [-0.39, 0.29) is 5.41 Å². The van der Waals surface area contributed by atoms with Gasteiger partial charge in [0.05, 0.1) is 22.4 Å². The van der Waals surface area contributed by atoms with Gasteiger partial charge in [0, 0.05) is 32.5 Å². The molecule has 4 heteroatoms. The Hall–Kier alpha value is -4.96. The van der Waals surface area contributed by atoms with E-state index in [1.807, 2.05) is 12.1 Å². The third-order valence-electron chi connectivity index (χ3n) is 9.39. The van der Waals surface area contributed by atoms with E-state index in [0.29, 0.717) is 11.9 Å². The number of para-hydroxylation sites is 2. The van der Waals surface area contributed by atoms with Gasteiger partial charge >= 0.3 is 0 Å². The summed E-state index contributed by atoms with van der Waals surface area (Å²) in [6, 6.07) is 31.5. The van der Waals surface area contributed by atoms with Gasteiger partial charge in [0.15, 0.2) is 0 Å². The molecule has 2 aliphatic carbocycles. The van der Waals surface area contributed by atoms with Crippen LogP contribution < -0.4 is 0 Å². The Morgan fingerprint density at radius 1 is 0.786 bits per heavy atom. The smallest absolute Gasteiger partial charge is 0.235 e. The molecule has 7 aromatic rings. The van der Waals surface area contributed by atoms with Gasteiger partial charge in [-0.1, -0.05) is 105 Å². The Labute approximate surface area is 243 Å². The number of allylic oxidation sites excluding steroid dienone is 4. The maximum Gasteiger partial charge on any atom is 0.235 e. The van der Waals surface area contributed by atoms with E-state index in [2.05, 4.69) is 116 Å². The average Bonchev–Trinajstić information content (AvgIpc) is 3.63. The van der Waals surface area contributed by atoms with E-state index in [0.717, 1.165) is 50.7 Å². The minimum Gasteiger partial charge on any atom is -0.456 e. The van der Waals surface area contributed by atoms with Gasteiger partial charge in [0.2, 0.25) is 5.95 Å². The van der Waals surface area contributed by atoms with E-state index in [1.54, 1.807) is 0 Å². The van der Waals surface area contributed by atoms with Crippen LogP contribution in [0, 0.1) is 5.92 Å². The minimum atomic E-state index is -0.154. The first-order valence-corrected chi connectivity index (χ1v) is 14.7. The van der Waals surface area contributed by atoms with Gasteiger partial charge in [-0.2, -0.15) is 0 Å². The Morgan fingerprint density at radius 3 is 2.40 bits per heavy atom. The number of benzene rings is 4. The molecule has 2 aliphatic rings. The molecule has 1 unspecified atom stereocenters. The molecule has 202 valence electrons. The van der Waals surface area contributed by atoms with Gasteiger partial charge < -0.3 is 4.42 Å². The number of rotatable bonds is 2. The maximum absolute atomic E-state index is 6.41. The zero-order valence-electron chi connectivity index (χ0n) is 23.8. The molecule has 4 aromatic carbocycles. The van der Waals surface area contributed by atoms with Crippen molar-refractivity contribution in [1.29, 1.82) is 0 Å². The molecule has 42 heavy (non-hydrogen) atoms. The lowest BCUT2D eigenvalue weighted by Crippen LogP contribution is -2.19. The van der Waals surface area contributed by atoms with Crippen LogP contribution in [0.4, 0.5) is 0 Å². The highest BCUT2D eigenvalue weighted by Gasteiger charge is 2.44. The summed E-state index contributed by atoms with van der Waals surface area (Å²) in [5, 5.41) is 4.61. The molecular formula is C38H29N3O. The molecule has 3 aromatic heterocycles. The number of aromatic nitrogens is 3. The van der Waals surface area contributed by atoms with E-state index in [1.165, 1.54) is 33.2 Å². The van der Waals surface area contributed by atoms with Crippen LogP contribution in [-0.2, 0) is 5.41 Å². The lowest BCUT2D eigenvalue weighted by Gasteiger charge is -2.28. The summed E-state index contributed by atoms with van der Waals surface area (Å²) in [7, 11) is 0. The predicted molar refractivity (Wildman–Crippen MR) is 172 cm³/mol. The molecule has 0 fully saturated rings. The largest absolute Gasteiger partial charge is 0.456 e. The van der Waals surface area contributed by atoms with E-state index in [9.17, 15) is 0 Å². The number of nitrogens with zero attached hydrogens (tertiary/aromatic N) is 3. The molecule has 1 atom stereocenters. The third-order valence-corrected chi connectivity index (χ3v) is 9.39. The van der Waals surface area contributed by atoms with Crippen molar-refractivity contribution in [1.82, 2.24) is 14.5 Å². The minimum absolute atomic E-state index is 0.154. The fourth-order valence-corrected chi connectivity index (χ4v) is 7.47. The molecule has 9 rings (SSSR count). The topological polar surface area (TPSA) is 43.9 Å². The Morgan fingerprint density at radius 2 is 1.55 bits per heavy atom. The summed E-state index contributed by atoms with van der Waals surface area (Å²) in [4.78, 5) is 10.6. The lowest BCUT2D eigenvalue weighted by atomic mass is 9.75. The van der Waals surface area contributed by atoms with Gasteiger partial charge in [0.25, 0.3) is 0 Å². The molecule has 0 saturated carbocycles. The monoisotopic (exact) mass is 543 g/mol. The number of fused-ring (bicyclic) bond motifs is 9. The summed E-state index contributed by atoms with van der Waals surface area (Å²) in [6.07, 6.45) is 5.74. The molecule has 0 amide bonds. The second-order valence-corrected chi connectivity index (χ2v) is 12.3. The molecule has 0 saturated heterocycles. The first-order valence-electron chi connectivity index (χ1n) is 14.7. The quantitative estimate of drug-likeness (QED) is 0.218. The summed E-state index contributed by atoms with van der Waals surface area (Å²) in [5.74, 6) is 1.20. The van der Waals surface area contributed by atoms with Crippen LogP contribution in [-0.4, -0.2) is 14.5 Å². The zero-order chi connectivity index (χ0) is 28.2.